The molecule has 3 aliphatic rings. The van der Waals surface area contributed by atoms with E-state index in [9.17, 15) is 0 Å². The molecule has 3 atom stereocenters. The van der Waals surface area contributed by atoms with Crippen molar-refractivity contribution in [3.05, 3.63) is 12.2 Å². The lowest BCUT2D eigenvalue weighted by Crippen LogP contribution is -2.40. The molecule has 1 nitrogen and oxygen atoms in total. The van der Waals surface area contributed by atoms with E-state index in [1.165, 1.54) is 32.4 Å². The zero-order valence-electron chi connectivity index (χ0n) is 10.4. The Labute approximate surface area is 94.3 Å². The summed E-state index contributed by atoms with van der Waals surface area (Å²) in [7, 11) is 0. The third-order valence-electron chi connectivity index (χ3n) is 4.59. The molecule has 1 fully saturated rings. The minimum atomic E-state index is 0.558. The average Bonchev–Trinajstić information content (AvgIpc) is 2.07. The molecule has 86 valence electrons. The highest BCUT2D eigenvalue weighted by atomic mass is 14.9. The summed E-state index contributed by atoms with van der Waals surface area (Å²) in [5, 5.41) is 3.61. The van der Waals surface area contributed by atoms with E-state index in [0.29, 0.717) is 5.41 Å². The second-order valence-electron chi connectivity index (χ2n) is 6.17. The Morgan fingerprint density at radius 3 is 2.80 bits per heavy atom. The minimum absolute atomic E-state index is 0.558. The van der Waals surface area contributed by atoms with Gasteiger partial charge in [0, 0.05) is 6.54 Å². The second-order valence-corrected chi connectivity index (χ2v) is 6.17. The molecule has 1 N–H and O–H groups in total. The summed E-state index contributed by atoms with van der Waals surface area (Å²) >= 11 is 0. The zero-order valence-corrected chi connectivity index (χ0v) is 10.4. The Morgan fingerprint density at radius 2 is 2.07 bits per heavy atom. The van der Waals surface area contributed by atoms with Gasteiger partial charge in [-0.05, 0) is 49.0 Å². The first kappa shape index (κ1) is 11.2. The van der Waals surface area contributed by atoms with E-state index in [1.54, 1.807) is 0 Å². The van der Waals surface area contributed by atoms with Crippen molar-refractivity contribution < 1.29 is 0 Å². The van der Waals surface area contributed by atoms with Crippen LogP contribution in [0.2, 0.25) is 0 Å². The molecule has 0 aromatic heterocycles. The van der Waals surface area contributed by atoms with Crippen LogP contribution in [-0.4, -0.2) is 13.1 Å². The molecule has 2 heterocycles. The predicted molar refractivity (Wildman–Crippen MR) is 65.8 cm³/mol. The summed E-state index contributed by atoms with van der Waals surface area (Å²) in [6.45, 7) is 9.71. The molecule has 2 aliphatic heterocycles. The first-order valence-electron chi connectivity index (χ1n) is 6.47. The maximum atomic E-state index is 3.61. The van der Waals surface area contributed by atoms with Gasteiger partial charge in [-0.1, -0.05) is 32.9 Å². The largest absolute Gasteiger partial charge is 0.316 e. The van der Waals surface area contributed by atoms with Gasteiger partial charge in [-0.2, -0.15) is 0 Å². The normalized spacial score (nSPS) is 43.5. The van der Waals surface area contributed by atoms with Crippen LogP contribution < -0.4 is 5.32 Å². The first-order chi connectivity index (χ1) is 7.10. The lowest BCUT2D eigenvalue weighted by atomic mass is 9.65. The number of fused-ring (bicyclic) bond motifs is 5. The lowest BCUT2D eigenvalue weighted by molar-refractivity contribution is 0.111. The third kappa shape index (κ3) is 2.44. The topological polar surface area (TPSA) is 12.0 Å². The maximum Gasteiger partial charge on any atom is 0.00145 e. The molecule has 1 aliphatic carbocycles. The fourth-order valence-corrected chi connectivity index (χ4v) is 3.20. The molecule has 2 bridgehead atoms. The average molecular weight is 207 g/mol. The highest BCUT2D eigenvalue weighted by molar-refractivity contribution is 5.00. The van der Waals surface area contributed by atoms with Gasteiger partial charge in [0.15, 0.2) is 0 Å². The summed E-state index contributed by atoms with van der Waals surface area (Å²) in [5.74, 6) is 2.43. The number of rotatable bonds is 1. The van der Waals surface area contributed by atoms with Crippen LogP contribution in [0.3, 0.4) is 0 Å². The molecule has 0 saturated carbocycles. The van der Waals surface area contributed by atoms with E-state index in [2.05, 4.69) is 38.2 Å². The van der Waals surface area contributed by atoms with E-state index >= 15 is 0 Å². The van der Waals surface area contributed by atoms with Gasteiger partial charge in [0.1, 0.15) is 0 Å². The highest BCUT2D eigenvalue weighted by Crippen LogP contribution is 2.43. The van der Waals surface area contributed by atoms with Crippen LogP contribution >= 0.6 is 0 Å². The van der Waals surface area contributed by atoms with Gasteiger partial charge in [-0.3, -0.25) is 0 Å². The standard InChI is InChI=1S/C14H25N/c1-11(2)14(3)7-12-5-4-6-13(8-14)10-15-9-12/h4-5,11-13,15H,6-10H2,1-3H3/b5-4-. The van der Waals surface area contributed by atoms with E-state index in [-0.39, 0.29) is 0 Å². The third-order valence-corrected chi connectivity index (χ3v) is 4.59. The molecular formula is C14H25N. The van der Waals surface area contributed by atoms with E-state index in [0.717, 1.165) is 17.8 Å². The second kappa shape index (κ2) is 4.29. The minimum Gasteiger partial charge on any atom is -0.316 e. The number of nitrogens with one attached hydrogen (secondary N) is 1. The molecule has 1 saturated heterocycles. The van der Waals surface area contributed by atoms with Crippen molar-refractivity contribution >= 4 is 0 Å². The van der Waals surface area contributed by atoms with Gasteiger partial charge in [0.05, 0.1) is 0 Å². The Morgan fingerprint density at radius 1 is 1.27 bits per heavy atom. The van der Waals surface area contributed by atoms with Crippen molar-refractivity contribution in [2.75, 3.05) is 13.1 Å². The monoisotopic (exact) mass is 207 g/mol. The van der Waals surface area contributed by atoms with Crippen molar-refractivity contribution in [2.45, 2.75) is 40.0 Å². The molecule has 0 spiro atoms. The van der Waals surface area contributed by atoms with Crippen molar-refractivity contribution in [3.63, 3.8) is 0 Å². The Kier molecular flexibility index (Phi) is 3.20. The number of hydrogen-bond donors (Lipinski definition) is 1. The lowest BCUT2D eigenvalue weighted by Gasteiger charge is -2.42. The fraction of sp³-hybridized carbons (Fsp3) is 0.857. The smallest absolute Gasteiger partial charge is 0.00145 e. The van der Waals surface area contributed by atoms with Crippen LogP contribution in [-0.2, 0) is 0 Å². The van der Waals surface area contributed by atoms with E-state index < -0.39 is 0 Å². The SMILES string of the molecule is CC(C)C1(C)CC2/C=C\CC(CNC2)C1. The van der Waals surface area contributed by atoms with Gasteiger partial charge in [-0.25, -0.2) is 0 Å². The summed E-state index contributed by atoms with van der Waals surface area (Å²) in [6.07, 6.45) is 8.93. The van der Waals surface area contributed by atoms with Gasteiger partial charge >= 0.3 is 0 Å². The Balaban J connectivity index is 2.21. The van der Waals surface area contributed by atoms with Gasteiger partial charge < -0.3 is 5.32 Å². The number of hydrogen-bond acceptors (Lipinski definition) is 1. The maximum absolute atomic E-state index is 3.61. The zero-order chi connectivity index (χ0) is 10.9. The molecule has 0 amide bonds. The van der Waals surface area contributed by atoms with Crippen LogP contribution in [0.1, 0.15) is 40.0 Å². The summed E-state index contributed by atoms with van der Waals surface area (Å²) < 4.78 is 0. The Hall–Kier alpha value is -0.300. The summed E-state index contributed by atoms with van der Waals surface area (Å²) in [5.41, 5.74) is 0.558. The molecule has 3 unspecified atom stereocenters. The number of allylic oxidation sites excluding steroid dienone is 1. The van der Waals surface area contributed by atoms with Crippen LogP contribution in [0, 0.1) is 23.2 Å². The summed E-state index contributed by atoms with van der Waals surface area (Å²) in [4.78, 5) is 0. The molecule has 1 heteroatoms. The van der Waals surface area contributed by atoms with Gasteiger partial charge in [-0.15, -0.1) is 0 Å². The van der Waals surface area contributed by atoms with Crippen molar-refractivity contribution in [2.24, 2.45) is 23.2 Å². The summed E-state index contributed by atoms with van der Waals surface area (Å²) in [6, 6.07) is 0. The van der Waals surface area contributed by atoms with E-state index in [1.807, 2.05) is 0 Å². The Bertz CT molecular complexity index is 244. The molecule has 3 rings (SSSR count). The molecule has 15 heavy (non-hydrogen) atoms. The van der Waals surface area contributed by atoms with Crippen LogP contribution in [0.25, 0.3) is 0 Å². The van der Waals surface area contributed by atoms with Crippen LogP contribution in [0.4, 0.5) is 0 Å². The van der Waals surface area contributed by atoms with Crippen molar-refractivity contribution in [1.29, 1.82) is 0 Å². The van der Waals surface area contributed by atoms with Gasteiger partial charge in [0.2, 0.25) is 0 Å². The molecular weight excluding hydrogens is 182 g/mol. The molecule has 0 radical (unpaired) electrons. The fourth-order valence-electron chi connectivity index (χ4n) is 3.20. The van der Waals surface area contributed by atoms with Gasteiger partial charge in [0.25, 0.3) is 0 Å². The molecule has 0 aromatic rings. The van der Waals surface area contributed by atoms with Crippen molar-refractivity contribution in [1.82, 2.24) is 5.32 Å². The predicted octanol–water partition coefficient (Wildman–Crippen LogP) is 3.22. The van der Waals surface area contributed by atoms with E-state index in [4.69, 9.17) is 0 Å². The van der Waals surface area contributed by atoms with Crippen LogP contribution in [0.5, 0.6) is 0 Å². The quantitative estimate of drug-likeness (QED) is 0.651. The van der Waals surface area contributed by atoms with Crippen molar-refractivity contribution in [3.8, 4) is 0 Å². The van der Waals surface area contributed by atoms with Crippen LogP contribution in [0.15, 0.2) is 12.2 Å². The highest BCUT2D eigenvalue weighted by Gasteiger charge is 2.35. The molecule has 0 aromatic carbocycles. The first-order valence-corrected chi connectivity index (χ1v) is 6.47.